The number of hydrogen-bond donors (Lipinski definition) is 2. The molecule has 0 spiro atoms. The number of hydrogen-bond acceptors (Lipinski definition) is 5. The fraction of sp³-hybridized carbons (Fsp3) is 0.455. The van der Waals surface area contributed by atoms with Gasteiger partial charge in [0.15, 0.2) is 0 Å². The summed E-state index contributed by atoms with van der Waals surface area (Å²) in [6.07, 6.45) is 1.23. The Bertz CT molecular complexity index is 1020. The lowest BCUT2D eigenvalue weighted by atomic mass is 10.0. The molecule has 0 saturated heterocycles. The van der Waals surface area contributed by atoms with E-state index in [-0.39, 0.29) is 29.3 Å². The first-order chi connectivity index (χ1) is 14.7. The molecular formula is C22H32N4O4S. The first-order valence-corrected chi connectivity index (χ1v) is 11.9. The molecule has 0 radical (unpaired) electrons. The first-order valence-electron chi connectivity index (χ1n) is 10.5. The number of benzene rings is 1. The average Bonchev–Trinajstić information content (AvgIpc) is 2.73. The third kappa shape index (κ3) is 6.67. The Morgan fingerprint density at radius 2 is 1.71 bits per heavy atom. The van der Waals surface area contributed by atoms with E-state index in [0.717, 1.165) is 10.3 Å². The summed E-state index contributed by atoms with van der Waals surface area (Å²) in [6.45, 7) is 8.37. The number of carbonyl (C=O) groups excluding carboxylic acids is 1. The number of rotatable bonds is 11. The standard InChI is InChI=1S/C22H32N4O4S/c1-5-26(6-2)31(29,30)19-12-13-22(28)25(15-19)16-21(27)23-14-20(17(3)4)24-18-10-8-7-9-11-18/h7-13,15,17,20,24H,5-6,14,16H2,1-4H3,(H,23,27). The van der Waals surface area contributed by atoms with Gasteiger partial charge in [0.05, 0.1) is 4.90 Å². The van der Waals surface area contributed by atoms with Crippen LogP contribution in [0.1, 0.15) is 27.7 Å². The molecular weight excluding hydrogens is 416 g/mol. The fourth-order valence-electron chi connectivity index (χ4n) is 3.13. The number of para-hydroxylation sites is 1. The molecule has 1 aromatic heterocycles. The second-order valence-corrected chi connectivity index (χ2v) is 9.52. The lowest BCUT2D eigenvalue weighted by Gasteiger charge is -2.24. The second-order valence-electron chi connectivity index (χ2n) is 7.59. The Labute approximate surface area is 184 Å². The highest BCUT2D eigenvalue weighted by molar-refractivity contribution is 7.89. The van der Waals surface area contributed by atoms with Crippen molar-refractivity contribution >= 4 is 21.6 Å². The summed E-state index contributed by atoms with van der Waals surface area (Å²) in [7, 11) is -3.72. The Morgan fingerprint density at radius 3 is 2.29 bits per heavy atom. The minimum absolute atomic E-state index is 0.00236. The SMILES string of the molecule is CCN(CC)S(=O)(=O)c1ccc(=O)n(CC(=O)NCC(Nc2ccccc2)C(C)C)c1. The molecule has 2 aromatic rings. The van der Waals surface area contributed by atoms with Crippen molar-refractivity contribution in [3.63, 3.8) is 0 Å². The van der Waals surface area contributed by atoms with Gasteiger partial charge < -0.3 is 15.2 Å². The van der Waals surface area contributed by atoms with E-state index in [1.807, 2.05) is 30.3 Å². The Balaban J connectivity index is 2.08. The van der Waals surface area contributed by atoms with Crippen molar-refractivity contribution in [1.82, 2.24) is 14.2 Å². The van der Waals surface area contributed by atoms with Gasteiger partial charge in [-0.05, 0) is 24.1 Å². The minimum atomic E-state index is -3.72. The van der Waals surface area contributed by atoms with Crippen molar-refractivity contribution in [2.45, 2.75) is 45.2 Å². The Hall–Kier alpha value is -2.65. The summed E-state index contributed by atoms with van der Waals surface area (Å²) >= 11 is 0. The maximum atomic E-state index is 12.7. The lowest BCUT2D eigenvalue weighted by molar-refractivity contribution is -0.121. The van der Waals surface area contributed by atoms with Gasteiger partial charge in [-0.2, -0.15) is 4.31 Å². The highest BCUT2D eigenvalue weighted by Gasteiger charge is 2.23. The molecule has 31 heavy (non-hydrogen) atoms. The predicted octanol–water partition coefficient (Wildman–Crippen LogP) is 2.13. The zero-order valence-electron chi connectivity index (χ0n) is 18.5. The molecule has 1 amide bonds. The van der Waals surface area contributed by atoms with Crippen LogP contribution in [-0.4, -0.2) is 48.9 Å². The van der Waals surface area contributed by atoms with E-state index in [1.165, 1.54) is 22.6 Å². The van der Waals surface area contributed by atoms with Crippen LogP contribution in [-0.2, 0) is 21.4 Å². The van der Waals surface area contributed by atoms with Crippen LogP contribution in [0.25, 0.3) is 0 Å². The average molecular weight is 449 g/mol. The molecule has 2 N–H and O–H groups in total. The van der Waals surface area contributed by atoms with Gasteiger partial charge in [-0.1, -0.05) is 45.9 Å². The van der Waals surface area contributed by atoms with E-state index in [0.29, 0.717) is 19.6 Å². The molecule has 0 saturated carbocycles. The van der Waals surface area contributed by atoms with Crippen LogP contribution in [0, 0.1) is 5.92 Å². The fourth-order valence-corrected chi connectivity index (χ4v) is 4.61. The molecule has 1 aromatic carbocycles. The summed E-state index contributed by atoms with van der Waals surface area (Å²) in [6, 6.07) is 12.2. The summed E-state index contributed by atoms with van der Waals surface area (Å²) in [5, 5.41) is 6.24. The molecule has 9 heteroatoms. The molecule has 8 nitrogen and oxygen atoms in total. The van der Waals surface area contributed by atoms with Gasteiger partial charge in [0, 0.05) is 43.6 Å². The summed E-state index contributed by atoms with van der Waals surface area (Å²) in [4.78, 5) is 24.7. The number of amides is 1. The number of pyridine rings is 1. The largest absolute Gasteiger partial charge is 0.380 e. The summed E-state index contributed by atoms with van der Waals surface area (Å²) < 4.78 is 27.8. The maximum Gasteiger partial charge on any atom is 0.251 e. The van der Waals surface area contributed by atoms with Crippen LogP contribution in [0.2, 0.25) is 0 Å². The Kier molecular flexibility index (Phi) is 8.82. The molecule has 1 heterocycles. The van der Waals surface area contributed by atoms with E-state index in [4.69, 9.17) is 0 Å². The third-order valence-corrected chi connectivity index (χ3v) is 7.10. The van der Waals surface area contributed by atoms with Crippen LogP contribution in [0.3, 0.4) is 0 Å². The zero-order valence-corrected chi connectivity index (χ0v) is 19.4. The molecule has 0 bridgehead atoms. The highest BCUT2D eigenvalue weighted by Crippen LogP contribution is 2.14. The van der Waals surface area contributed by atoms with Crippen LogP contribution in [0.5, 0.6) is 0 Å². The molecule has 2 rings (SSSR count). The van der Waals surface area contributed by atoms with Gasteiger partial charge >= 0.3 is 0 Å². The second kappa shape index (κ2) is 11.1. The van der Waals surface area contributed by atoms with E-state index in [9.17, 15) is 18.0 Å². The Morgan fingerprint density at radius 1 is 1.06 bits per heavy atom. The van der Waals surface area contributed by atoms with Gasteiger partial charge in [0.2, 0.25) is 15.9 Å². The third-order valence-electron chi connectivity index (χ3n) is 5.06. The molecule has 0 aliphatic rings. The molecule has 1 unspecified atom stereocenters. The zero-order chi connectivity index (χ0) is 23.0. The van der Waals surface area contributed by atoms with Gasteiger partial charge in [0.1, 0.15) is 6.54 Å². The maximum absolute atomic E-state index is 12.7. The smallest absolute Gasteiger partial charge is 0.251 e. The minimum Gasteiger partial charge on any atom is -0.380 e. The molecule has 1 atom stereocenters. The van der Waals surface area contributed by atoms with E-state index in [2.05, 4.69) is 24.5 Å². The normalized spacial score (nSPS) is 12.7. The van der Waals surface area contributed by atoms with Crippen molar-refractivity contribution in [2.75, 3.05) is 25.0 Å². The van der Waals surface area contributed by atoms with Gasteiger partial charge in [-0.15, -0.1) is 0 Å². The van der Waals surface area contributed by atoms with E-state index < -0.39 is 15.6 Å². The quantitative estimate of drug-likeness (QED) is 0.549. The van der Waals surface area contributed by atoms with Crippen molar-refractivity contribution in [3.8, 4) is 0 Å². The topological polar surface area (TPSA) is 101 Å². The van der Waals surface area contributed by atoms with Crippen LogP contribution in [0.15, 0.2) is 58.4 Å². The number of anilines is 1. The number of aromatic nitrogens is 1. The van der Waals surface area contributed by atoms with Gasteiger partial charge in [-0.25, -0.2) is 8.42 Å². The highest BCUT2D eigenvalue weighted by atomic mass is 32.2. The van der Waals surface area contributed by atoms with E-state index in [1.54, 1.807) is 13.8 Å². The van der Waals surface area contributed by atoms with Crippen molar-refractivity contribution in [2.24, 2.45) is 5.92 Å². The molecule has 0 aliphatic carbocycles. The summed E-state index contributed by atoms with van der Waals surface area (Å²) in [5.41, 5.74) is 0.525. The van der Waals surface area contributed by atoms with Crippen molar-refractivity contribution in [3.05, 3.63) is 59.0 Å². The number of nitrogens with zero attached hydrogens (tertiary/aromatic N) is 2. The van der Waals surface area contributed by atoms with E-state index >= 15 is 0 Å². The number of carbonyl (C=O) groups is 1. The van der Waals surface area contributed by atoms with Crippen LogP contribution in [0.4, 0.5) is 5.69 Å². The van der Waals surface area contributed by atoms with Gasteiger partial charge in [-0.3, -0.25) is 9.59 Å². The monoisotopic (exact) mass is 448 g/mol. The molecule has 0 aliphatic heterocycles. The van der Waals surface area contributed by atoms with Crippen LogP contribution >= 0.6 is 0 Å². The number of nitrogens with one attached hydrogen (secondary N) is 2. The van der Waals surface area contributed by atoms with Crippen LogP contribution < -0.4 is 16.2 Å². The number of sulfonamides is 1. The van der Waals surface area contributed by atoms with Gasteiger partial charge in [0.25, 0.3) is 5.56 Å². The molecule has 170 valence electrons. The van der Waals surface area contributed by atoms with Crippen molar-refractivity contribution in [1.29, 1.82) is 0 Å². The lowest BCUT2D eigenvalue weighted by Crippen LogP contribution is -2.41. The summed E-state index contributed by atoms with van der Waals surface area (Å²) in [5.74, 6) is -0.106. The molecule has 0 fully saturated rings. The van der Waals surface area contributed by atoms with Crippen molar-refractivity contribution < 1.29 is 13.2 Å². The predicted molar refractivity (Wildman–Crippen MR) is 123 cm³/mol. The first kappa shape index (κ1) is 24.6.